The van der Waals surface area contributed by atoms with E-state index in [1.165, 1.54) is 0 Å². The molecule has 210 valence electrons. The first-order valence-electron chi connectivity index (χ1n) is 14.0. The molecule has 2 atom stereocenters. The molecule has 10 heteroatoms. The number of carbonyl (C=O) groups excluding carboxylic acids is 2. The minimum atomic E-state index is -1.05. The smallest absolute Gasteiger partial charge is 0.326 e. The van der Waals surface area contributed by atoms with Crippen molar-refractivity contribution in [2.75, 3.05) is 78.5 Å². The van der Waals surface area contributed by atoms with E-state index in [1.54, 1.807) is 0 Å². The average Bonchev–Trinajstić information content (AvgIpc) is 2.85. The maximum Gasteiger partial charge on any atom is 0.326 e. The Morgan fingerprint density at radius 3 is 1.39 bits per heavy atom. The van der Waals surface area contributed by atoms with Crippen molar-refractivity contribution in [3.8, 4) is 0 Å². The predicted octanol–water partition coefficient (Wildman–Crippen LogP) is 0.922. The molecule has 0 aromatic carbocycles. The van der Waals surface area contributed by atoms with Crippen LogP contribution in [0, 0.1) is 0 Å². The van der Waals surface area contributed by atoms with Gasteiger partial charge in [0.15, 0.2) is 0 Å². The van der Waals surface area contributed by atoms with Gasteiger partial charge in [0.1, 0.15) is 12.1 Å². The lowest BCUT2D eigenvalue weighted by Gasteiger charge is -2.33. The van der Waals surface area contributed by atoms with E-state index < -0.39 is 24.0 Å². The van der Waals surface area contributed by atoms with Crippen molar-refractivity contribution in [1.29, 1.82) is 0 Å². The number of carboxylic acid groups (broad SMARTS) is 1. The molecular formula is C26H52N6O4. The van der Waals surface area contributed by atoms with E-state index in [0.717, 1.165) is 72.0 Å². The number of rotatable bonds is 13. The van der Waals surface area contributed by atoms with Gasteiger partial charge >= 0.3 is 5.97 Å². The predicted molar refractivity (Wildman–Crippen MR) is 144 cm³/mol. The number of amides is 2. The van der Waals surface area contributed by atoms with E-state index >= 15 is 0 Å². The Labute approximate surface area is 218 Å². The van der Waals surface area contributed by atoms with Crippen molar-refractivity contribution >= 4 is 17.8 Å². The summed E-state index contributed by atoms with van der Waals surface area (Å²) in [6.45, 7) is 21.1. The van der Waals surface area contributed by atoms with E-state index in [2.05, 4.69) is 51.0 Å². The van der Waals surface area contributed by atoms with Crippen molar-refractivity contribution in [3.05, 3.63) is 0 Å². The molecule has 0 aromatic rings. The molecule has 1 aliphatic heterocycles. The van der Waals surface area contributed by atoms with E-state index in [4.69, 9.17) is 0 Å². The highest BCUT2D eigenvalue weighted by Crippen LogP contribution is 2.04. The summed E-state index contributed by atoms with van der Waals surface area (Å²) in [5.41, 5.74) is 0. The fraction of sp³-hybridized carbons (Fsp3) is 0.885. The summed E-state index contributed by atoms with van der Waals surface area (Å²) in [7, 11) is 0. The Bertz CT molecular complexity index is 630. The van der Waals surface area contributed by atoms with Crippen LogP contribution in [0.4, 0.5) is 0 Å². The second kappa shape index (κ2) is 18.5. The highest BCUT2D eigenvalue weighted by Gasteiger charge is 2.26. The van der Waals surface area contributed by atoms with Crippen LogP contribution in [0.2, 0.25) is 0 Å². The molecule has 0 spiro atoms. The fourth-order valence-electron chi connectivity index (χ4n) is 4.50. The minimum Gasteiger partial charge on any atom is -0.480 e. The molecule has 1 fully saturated rings. The molecule has 0 aromatic heterocycles. The number of carbonyl (C=O) groups is 3. The van der Waals surface area contributed by atoms with Crippen LogP contribution >= 0.6 is 0 Å². The van der Waals surface area contributed by atoms with Gasteiger partial charge in [-0.2, -0.15) is 0 Å². The van der Waals surface area contributed by atoms with E-state index in [-0.39, 0.29) is 12.5 Å². The third-order valence-corrected chi connectivity index (χ3v) is 7.06. The van der Waals surface area contributed by atoms with Crippen LogP contribution in [0.15, 0.2) is 0 Å². The summed E-state index contributed by atoms with van der Waals surface area (Å²) in [5.74, 6) is -1.66. The molecule has 0 bridgehead atoms. The van der Waals surface area contributed by atoms with Gasteiger partial charge in [-0.25, -0.2) is 4.79 Å². The summed E-state index contributed by atoms with van der Waals surface area (Å²) in [4.78, 5) is 46.8. The zero-order valence-corrected chi connectivity index (χ0v) is 23.4. The van der Waals surface area contributed by atoms with E-state index in [9.17, 15) is 19.5 Å². The first-order chi connectivity index (χ1) is 17.3. The standard InChI is InChI=1S/C26H52N6O4/c1-6-11-22(25(34)28-23(12-7-2)26(35)36)27-24(33)21-32-19-17-30(9-4)15-13-29(8-3)14-16-31(10-5)18-20-32/h22-23H,6-21H2,1-5H3,(H,27,33)(H,28,34)(H,35,36)/t22-,23+/m1/s1. The lowest BCUT2D eigenvalue weighted by atomic mass is 10.1. The number of nitrogens with one attached hydrogen (secondary N) is 2. The summed E-state index contributed by atoms with van der Waals surface area (Å²) in [5, 5.41) is 14.9. The van der Waals surface area contributed by atoms with Crippen LogP contribution in [-0.4, -0.2) is 133 Å². The van der Waals surface area contributed by atoms with Crippen molar-refractivity contribution in [2.24, 2.45) is 0 Å². The lowest BCUT2D eigenvalue weighted by molar-refractivity contribution is -0.142. The van der Waals surface area contributed by atoms with Gasteiger partial charge < -0.3 is 30.4 Å². The van der Waals surface area contributed by atoms with Crippen LogP contribution in [0.5, 0.6) is 0 Å². The van der Waals surface area contributed by atoms with Crippen LogP contribution in [0.1, 0.15) is 60.3 Å². The molecule has 1 heterocycles. The van der Waals surface area contributed by atoms with Crippen molar-refractivity contribution in [3.63, 3.8) is 0 Å². The highest BCUT2D eigenvalue weighted by atomic mass is 16.4. The van der Waals surface area contributed by atoms with Gasteiger partial charge in [-0.05, 0) is 32.5 Å². The Hall–Kier alpha value is -1.75. The van der Waals surface area contributed by atoms with E-state index in [0.29, 0.717) is 25.7 Å². The fourth-order valence-corrected chi connectivity index (χ4v) is 4.50. The van der Waals surface area contributed by atoms with Crippen LogP contribution in [-0.2, 0) is 14.4 Å². The van der Waals surface area contributed by atoms with Crippen molar-refractivity contribution < 1.29 is 19.5 Å². The van der Waals surface area contributed by atoms with Gasteiger partial charge in [0, 0.05) is 52.4 Å². The van der Waals surface area contributed by atoms with Gasteiger partial charge in [0.2, 0.25) is 11.8 Å². The summed E-state index contributed by atoms with van der Waals surface area (Å²) in [6.07, 6.45) is 2.19. The first kappa shape index (κ1) is 32.3. The van der Waals surface area contributed by atoms with Crippen LogP contribution < -0.4 is 10.6 Å². The number of hydrogen-bond acceptors (Lipinski definition) is 7. The Balaban J connectivity index is 2.82. The Morgan fingerprint density at radius 2 is 1.03 bits per heavy atom. The Morgan fingerprint density at radius 1 is 0.639 bits per heavy atom. The molecule has 0 unspecified atom stereocenters. The van der Waals surface area contributed by atoms with Crippen LogP contribution in [0.3, 0.4) is 0 Å². The maximum absolute atomic E-state index is 13.0. The van der Waals surface area contributed by atoms with Gasteiger partial charge in [-0.1, -0.05) is 47.5 Å². The minimum absolute atomic E-state index is 0.193. The third kappa shape index (κ3) is 12.5. The second-order valence-electron chi connectivity index (χ2n) is 9.68. The first-order valence-corrected chi connectivity index (χ1v) is 14.0. The second-order valence-corrected chi connectivity index (χ2v) is 9.68. The molecule has 3 N–H and O–H groups in total. The van der Waals surface area contributed by atoms with Gasteiger partial charge in [-0.3, -0.25) is 14.5 Å². The number of likely N-dealkylation sites (N-methyl/N-ethyl adjacent to an activating group) is 3. The van der Waals surface area contributed by atoms with Gasteiger partial charge in [0.25, 0.3) is 0 Å². The van der Waals surface area contributed by atoms with Gasteiger partial charge in [0.05, 0.1) is 6.54 Å². The number of hydrogen-bond donors (Lipinski definition) is 3. The van der Waals surface area contributed by atoms with Crippen molar-refractivity contribution in [1.82, 2.24) is 30.2 Å². The monoisotopic (exact) mass is 512 g/mol. The molecule has 1 rings (SSSR count). The van der Waals surface area contributed by atoms with Crippen LogP contribution in [0.25, 0.3) is 0 Å². The van der Waals surface area contributed by atoms with Gasteiger partial charge in [-0.15, -0.1) is 0 Å². The number of aliphatic carboxylic acids is 1. The molecule has 0 aliphatic carbocycles. The molecule has 10 nitrogen and oxygen atoms in total. The summed E-state index contributed by atoms with van der Waals surface area (Å²) < 4.78 is 0. The van der Waals surface area contributed by atoms with Crippen molar-refractivity contribution in [2.45, 2.75) is 72.4 Å². The Kier molecular flexibility index (Phi) is 16.6. The highest BCUT2D eigenvalue weighted by molar-refractivity contribution is 5.90. The summed E-state index contributed by atoms with van der Waals surface area (Å²) in [6, 6.07) is -1.66. The molecule has 1 aliphatic rings. The average molecular weight is 513 g/mol. The molecular weight excluding hydrogens is 460 g/mol. The largest absolute Gasteiger partial charge is 0.480 e. The zero-order chi connectivity index (χ0) is 26.9. The molecule has 2 amide bonds. The lowest BCUT2D eigenvalue weighted by Crippen LogP contribution is -2.53. The topological polar surface area (TPSA) is 108 Å². The normalized spacial score (nSPS) is 19.6. The maximum atomic E-state index is 13.0. The number of carboxylic acids is 1. The summed E-state index contributed by atoms with van der Waals surface area (Å²) >= 11 is 0. The third-order valence-electron chi connectivity index (χ3n) is 7.06. The number of nitrogens with zero attached hydrogens (tertiary/aromatic N) is 4. The molecule has 0 radical (unpaired) electrons. The zero-order valence-electron chi connectivity index (χ0n) is 23.4. The molecule has 36 heavy (non-hydrogen) atoms. The SMILES string of the molecule is CCC[C@H](NC(=O)[C@@H](CCC)NC(=O)CN1CCN(CC)CCN(CC)CCN(CC)CC1)C(=O)O. The van der Waals surface area contributed by atoms with E-state index in [1.807, 2.05) is 13.8 Å². The molecule has 1 saturated heterocycles. The molecule has 0 saturated carbocycles. The quantitative estimate of drug-likeness (QED) is 0.334.